The molecule has 0 spiro atoms. The Kier molecular flexibility index (Phi) is 8.20. The van der Waals surface area contributed by atoms with Gasteiger partial charge in [-0.1, -0.05) is 169 Å². The molecule has 4 aliphatic heterocycles. The standard InChI is InChI=1S/C58H64BN3Si/c1-54(2,3)40-28-29-48-44(34-40)55(4)30-18-19-31-56(55,5)61(48)42-35-50-52-51(36-42)62-53-45(58(39-22-12-10-13-23-39)33-21-20-32-57(58,62)6)37-43(63(7,8)9)38-47(53)59(52)46-26-16-17-27-49(46)60(50)41-24-14-11-15-25-41/h10-17,22-29,34-38H,18-21,30-33H2,1-9H3. The summed E-state index contributed by atoms with van der Waals surface area (Å²) in [7, 11) is -1.77. The first-order valence-electron chi connectivity index (χ1n) is 24.2. The molecule has 3 nitrogen and oxygen atoms in total. The van der Waals surface area contributed by atoms with Crippen LogP contribution in [0.4, 0.5) is 39.8 Å². The number of rotatable bonds is 4. The molecule has 0 amide bonds. The van der Waals surface area contributed by atoms with E-state index in [1.54, 1.807) is 16.3 Å². The zero-order chi connectivity index (χ0) is 43.5. The van der Waals surface area contributed by atoms with Gasteiger partial charge in [0.15, 0.2) is 0 Å². The molecular weight excluding hydrogens is 778 g/mol. The Bertz CT molecular complexity index is 2860. The topological polar surface area (TPSA) is 9.72 Å². The van der Waals surface area contributed by atoms with Crippen molar-refractivity contribution in [1.82, 2.24) is 0 Å². The summed E-state index contributed by atoms with van der Waals surface area (Å²) in [4.78, 5) is 8.46. The molecule has 12 rings (SSSR count). The van der Waals surface area contributed by atoms with Crippen LogP contribution in [0.15, 0.2) is 127 Å². The summed E-state index contributed by atoms with van der Waals surface area (Å²) in [5.41, 5.74) is 19.7. The van der Waals surface area contributed by atoms with Gasteiger partial charge in [-0.05, 0) is 120 Å². The Labute approximate surface area is 378 Å². The Morgan fingerprint density at radius 1 is 0.540 bits per heavy atom. The summed E-state index contributed by atoms with van der Waals surface area (Å²) >= 11 is 0. The van der Waals surface area contributed by atoms with E-state index in [-0.39, 0.29) is 34.0 Å². The maximum absolute atomic E-state index is 2.97. The average molecular weight is 842 g/mol. The van der Waals surface area contributed by atoms with Crippen LogP contribution < -0.4 is 36.3 Å². The van der Waals surface area contributed by atoms with Crippen molar-refractivity contribution in [2.24, 2.45) is 0 Å². The number of hydrogen-bond acceptors (Lipinski definition) is 3. The molecule has 2 saturated carbocycles. The minimum Gasteiger partial charge on any atom is -0.335 e. The number of hydrogen-bond donors (Lipinski definition) is 0. The first-order chi connectivity index (χ1) is 30.1. The maximum atomic E-state index is 2.97. The fraction of sp³-hybridized carbons (Fsp3) is 0.379. The van der Waals surface area contributed by atoms with E-state index in [1.165, 1.54) is 106 Å². The SMILES string of the molecule is CC(C)(C)c1ccc2c(c1)C1(C)CCCCC1(C)N2c1cc2c3c(c1)N1c4c(cc([Si](C)(C)C)cc4C4(c5ccccc5)CCCCC14C)B3c1ccccc1N2c1ccccc1. The molecule has 6 aliphatic rings. The van der Waals surface area contributed by atoms with Crippen LogP contribution in [0.5, 0.6) is 0 Å². The molecule has 6 aromatic rings. The highest BCUT2D eigenvalue weighted by molar-refractivity contribution is 7.01. The monoisotopic (exact) mass is 841 g/mol. The number of para-hydroxylation sites is 2. The van der Waals surface area contributed by atoms with Crippen molar-refractivity contribution < 1.29 is 0 Å². The molecule has 2 fully saturated rings. The molecular formula is C58H64BN3Si. The lowest BCUT2D eigenvalue weighted by Gasteiger charge is -2.54. The van der Waals surface area contributed by atoms with Gasteiger partial charge in [-0.3, -0.25) is 0 Å². The van der Waals surface area contributed by atoms with Gasteiger partial charge in [0.05, 0.1) is 19.2 Å². The third-order valence-corrected chi connectivity index (χ3v) is 19.8. The van der Waals surface area contributed by atoms with Crippen molar-refractivity contribution in [3.63, 3.8) is 0 Å². The molecule has 0 radical (unpaired) electrons. The van der Waals surface area contributed by atoms with E-state index in [1.807, 2.05) is 0 Å². The number of nitrogens with zero attached hydrogens (tertiary/aromatic N) is 3. The quantitative estimate of drug-likeness (QED) is 0.164. The molecule has 0 saturated heterocycles. The van der Waals surface area contributed by atoms with Crippen molar-refractivity contribution in [2.75, 3.05) is 14.7 Å². The Morgan fingerprint density at radius 2 is 1.19 bits per heavy atom. The molecule has 318 valence electrons. The van der Waals surface area contributed by atoms with E-state index in [0.29, 0.717) is 0 Å². The normalized spacial score (nSPS) is 26.4. The van der Waals surface area contributed by atoms with Crippen LogP contribution in [-0.2, 0) is 16.2 Å². The van der Waals surface area contributed by atoms with Gasteiger partial charge in [-0.15, -0.1) is 0 Å². The van der Waals surface area contributed by atoms with E-state index in [9.17, 15) is 0 Å². The molecule has 4 atom stereocenters. The zero-order valence-corrected chi connectivity index (χ0v) is 40.2. The van der Waals surface area contributed by atoms with Gasteiger partial charge in [-0.25, -0.2) is 0 Å². The molecule has 63 heavy (non-hydrogen) atoms. The third-order valence-electron chi connectivity index (χ3n) is 17.8. The number of benzene rings is 6. The van der Waals surface area contributed by atoms with E-state index < -0.39 is 8.07 Å². The summed E-state index contributed by atoms with van der Waals surface area (Å²) in [5, 5.41) is 1.58. The first-order valence-corrected chi connectivity index (χ1v) is 27.7. The predicted molar refractivity (Wildman–Crippen MR) is 273 cm³/mol. The lowest BCUT2D eigenvalue weighted by Crippen LogP contribution is -2.65. The van der Waals surface area contributed by atoms with Crippen LogP contribution in [-0.4, -0.2) is 25.9 Å². The highest BCUT2D eigenvalue weighted by Crippen LogP contribution is 2.66. The van der Waals surface area contributed by atoms with Gasteiger partial charge < -0.3 is 14.7 Å². The Balaban J connectivity index is 1.22. The molecule has 4 unspecified atom stereocenters. The minimum absolute atomic E-state index is 0.0295. The highest BCUT2D eigenvalue weighted by atomic mass is 28.3. The van der Waals surface area contributed by atoms with Gasteiger partial charge in [0.1, 0.15) is 0 Å². The highest BCUT2D eigenvalue weighted by Gasteiger charge is 2.65. The zero-order valence-electron chi connectivity index (χ0n) is 39.2. The van der Waals surface area contributed by atoms with E-state index in [4.69, 9.17) is 0 Å². The summed E-state index contributed by atoms with van der Waals surface area (Å²) < 4.78 is 0. The molecule has 4 heterocycles. The third kappa shape index (κ3) is 5.04. The number of fused-ring (bicyclic) bond motifs is 10. The maximum Gasteiger partial charge on any atom is 0.252 e. The molecule has 0 N–H and O–H groups in total. The van der Waals surface area contributed by atoms with Crippen molar-refractivity contribution in [2.45, 2.75) is 140 Å². The largest absolute Gasteiger partial charge is 0.335 e. The average Bonchev–Trinajstić information content (AvgIpc) is 3.64. The van der Waals surface area contributed by atoms with E-state index >= 15 is 0 Å². The van der Waals surface area contributed by atoms with Gasteiger partial charge in [-0.2, -0.15) is 0 Å². The summed E-state index contributed by atoms with van der Waals surface area (Å²) in [5.74, 6) is 0. The summed E-state index contributed by atoms with van der Waals surface area (Å²) in [6.07, 6.45) is 9.72. The second kappa shape index (κ2) is 13.1. The van der Waals surface area contributed by atoms with Crippen LogP contribution in [0.2, 0.25) is 19.6 Å². The van der Waals surface area contributed by atoms with Crippen molar-refractivity contribution in [1.29, 1.82) is 0 Å². The van der Waals surface area contributed by atoms with Crippen LogP contribution in [0.3, 0.4) is 0 Å². The van der Waals surface area contributed by atoms with Crippen molar-refractivity contribution >= 4 is 76.2 Å². The lowest BCUT2D eigenvalue weighted by molar-refractivity contribution is 0.194. The van der Waals surface area contributed by atoms with Gasteiger partial charge >= 0.3 is 0 Å². The van der Waals surface area contributed by atoms with Crippen LogP contribution in [0, 0.1) is 0 Å². The van der Waals surface area contributed by atoms with Crippen LogP contribution in [0.25, 0.3) is 0 Å². The summed E-state index contributed by atoms with van der Waals surface area (Å²) in [6, 6.07) is 50.8. The van der Waals surface area contributed by atoms with E-state index in [2.05, 4.69) is 203 Å². The smallest absolute Gasteiger partial charge is 0.252 e. The lowest BCUT2D eigenvalue weighted by atomic mass is 9.33. The van der Waals surface area contributed by atoms with Crippen LogP contribution >= 0.6 is 0 Å². The first kappa shape index (κ1) is 39.6. The number of anilines is 7. The fourth-order valence-corrected chi connectivity index (χ4v) is 15.5. The van der Waals surface area contributed by atoms with Crippen molar-refractivity contribution in [3.05, 3.63) is 150 Å². The van der Waals surface area contributed by atoms with Crippen LogP contribution in [0.1, 0.15) is 115 Å². The van der Waals surface area contributed by atoms with E-state index in [0.717, 1.165) is 12.8 Å². The van der Waals surface area contributed by atoms with Gasteiger partial charge in [0.25, 0.3) is 6.71 Å². The molecule has 6 aromatic carbocycles. The Hall–Kier alpha value is -5.00. The second-order valence-electron chi connectivity index (χ2n) is 23.0. The molecule has 0 bridgehead atoms. The second-order valence-corrected chi connectivity index (χ2v) is 28.1. The van der Waals surface area contributed by atoms with Crippen molar-refractivity contribution in [3.8, 4) is 0 Å². The van der Waals surface area contributed by atoms with Gasteiger partial charge in [0.2, 0.25) is 0 Å². The minimum atomic E-state index is -1.77. The fourth-order valence-electron chi connectivity index (χ4n) is 14.3. The predicted octanol–water partition coefficient (Wildman–Crippen LogP) is 12.7. The molecule has 2 aliphatic carbocycles. The van der Waals surface area contributed by atoms with Gasteiger partial charge in [0, 0.05) is 50.6 Å². The molecule has 5 heteroatoms. The Morgan fingerprint density at radius 3 is 1.92 bits per heavy atom. The molecule has 0 aromatic heterocycles. The summed E-state index contributed by atoms with van der Waals surface area (Å²) in [6.45, 7) is 22.8.